The van der Waals surface area contributed by atoms with Crippen LogP contribution in [0, 0.1) is 0 Å². The third-order valence-electron chi connectivity index (χ3n) is 6.80. The van der Waals surface area contributed by atoms with Gasteiger partial charge in [0.1, 0.15) is 0 Å². The zero-order valence-corrected chi connectivity index (χ0v) is 22.4. The predicted molar refractivity (Wildman–Crippen MR) is 134 cm³/mol. The van der Waals surface area contributed by atoms with Gasteiger partial charge in [-0.15, -0.1) is 0 Å². The first-order valence-corrected chi connectivity index (χ1v) is 15.9. The van der Waals surface area contributed by atoms with Crippen molar-refractivity contribution in [1.29, 1.82) is 0 Å². The van der Waals surface area contributed by atoms with Gasteiger partial charge in [-0.3, -0.25) is 4.79 Å². The Labute approximate surface area is 189 Å². The van der Waals surface area contributed by atoms with Crippen molar-refractivity contribution in [3.8, 4) is 0 Å². The van der Waals surface area contributed by atoms with E-state index in [-0.39, 0.29) is 17.6 Å². The summed E-state index contributed by atoms with van der Waals surface area (Å²) in [6, 6.07) is 0. The van der Waals surface area contributed by atoms with Gasteiger partial charge < -0.3 is 9.53 Å². The number of hydrogen-bond donors (Lipinski definition) is 1. The number of aliphatic carboxylic acids is 1. The molecule has 0 fully saturated rings. The summed E-state index contributed by atoms with van der Waals surface area (Å²) in [6.07, 6.45) is 21.2. The Hall–Kier alpha value is -0.353. The molecule has 0 rings (SSSR count). The fraction of sp³-hybridized carbons (Fsp3) is 0.962. The minimum absolute atomic E-state index is 0.120. The molecule has 3 nitrogen and oxygen atoms in total. The number of carboxylic acids is 1. The van der Waals surface area contributed by atoms with E-state index in [1.807, 2.05) is 0 Å². The topological polar surface area (TPSA) is 46.5 Å². The number of hydrogen-bond acceptors (Lipinski definition) is 2. The lowest BCUT2D eigenvalue weighted by Gasteiger charge is -2.39. The average molecular weight is 443 g/mol. The molecule has 0 aliphatic rings. The molecule has 0 aromatic heterocycles. The van der Waals surface area contributed by atoms with Crippen molar-refractivity contribution < 1.29 is 14.3 Å². The van der Waals surface area contributed by atoms with Gasteiger partial charge in [0.2, 0.25) is 0 Å². The molecule has 0 amide bonds. The molecule has 4 heteroatoms. The maximum atomic E-state index is 11.2. The molecule has 0 saturated carbocycles. The summed E-state index contributed by atoms with van der Waals surface area (Å²) in [6.45, 7) is 13.4. The van der Waals surface area contributed by atoms with Gasteiger partial charge in [0.25, 0.3) is 0 Å². The maximum Gasteiger partial charge on any atom is 0.305 e. The van der Waals surface area contributed by atoms with Crippen molar-refractivity contribution in [3.63, 3.8) is 0 Å². The van der Waals surface area contributed by atoms with E-state index in [4.69, 9.17) is 4.43 Å². The zero-order valence-electron chi connectivity index (χ0n) is 21.4. The van der Waals surface area contributed by atoms with E-state index in [0.717, 1.165) is 12.8 Å². The highest BCUT2D eigenvalue weighted by Gasteiger charge is 2.39. The smallest absolute Gasteiger partial charge is 0.305 e. The first-order valence-electron chi connectivity index (χ1n) is 13.0. The standard InChI is InChI=1S/C26H54O3Si/c1-7-8-9-10-11-12-13-14-15-16-17-18-19-20-21-22-24(23-25(27)28)29-30(5,6)26(2,3)4/h24H,7-23H2,1-6H3,(H,27,28). The van der Waals surface area contributed by atoms with E-state index in [2.05, 4.69) is 40.8 Å². The van der Waals surface area contributed by atoms with Crippen LogP contribution in [0.3, 0.4) is 0 Å². The lowest BCUT2D eigenvalue weighted by atomic mass is 10.0. The highest BCUT2D eigenvalue weighted by atomic mass is 28.4. The van der Waals surface area contributed by atoms with E-state index in [0.29, 0.717) is 0 Å². The quantitative estimate of drug-likeness (QED) is 0.151. The van der Waals surface area contributed by atoms with Crippen molar-refractivity contribution in [3.05, 3.63) is 0 Å². The molecular weight excluding hydrogens is 388 g/mol. The monoisotopic (exact) mass is 442 g/mol. The Morgan fingerprint density at radius 1 is 0.767 bits per heavy atom. The molecule has 0 aromatic rings. The van der Waals surface area contributed by atoms with Crippen molar-refractivity contribution >= 4 is 14.3 Å². The van der Waals surface area contributed by atoms with Gasteiger partial charge in [0.15, 0.2) is 8.32 Å². The second-order valence-electron chi connectivity index (χ2n) is 10.8. The lowest BCUT2D eigenvalue weighted by Crippen LogP contribution is -2.44. The van der Waals surface area contributed by atoms with Gasteiger partial charge in [-0.25, -0.2) is 0 Å². The number of rotatable bonds is 20. The highest BCUT2D eigenvalue weighted by Crippen LogP contribution is 2.38. The van der Waals surface area contributed by atoms with E-state index in [1.54, 1.807) is 0 Å². The van der Waals surface area contributed by atoms with Crippen LogP contribution < -0.4 is 0 Å². The Morgan fingerprint density at radius 2 is 1.13 bits per heavy atom. The molecular formula is C26H54O3Si. The summed E-state index contributed by atoms with van der Waals surface area (Å²) >= 11 is 0. The molecule has 180 valence electrons. The minimum Gasteiger partial charge on any atom is -0.481 e. The molecule has 1 unspecified atom stereocenters. The fourth-order valence-electron chi connectivity index (χ4n) is 3.73. The van der Waals surface area contributed by atoms with Crippen LogP contribution >= 0.6 is 0 Å². The molecule has 30 heavy (non-hydrogen) atoms. The summed E-state index contributed by atoms with van der Waals surface area (Å²) in [5.41, 5.74) is 0. The summed E-state index contributed by atoms with van der Waals surface area (Å²) in [7, 11) is -1.91. The number of carbonyl (C=O) groups is 1. The maximum absolute atomic E-state index is 11.2. The van der Waals surface area contributed by atoms with Crippen molar-refractivity contribution in [1.82, 2.24) is 0 Å². The van der Waals surface area contributed by atoms with Gasteiger partial charge in [0, 0.05) is 0 Å². The van der Waals surface area contributed by atoms with Gasteiger partial charge >= 0.3 is 5.97 Å². The van der Waals surface area contributed by atoms with E-state index >= 15 is 0 Å². The normalized spacial score (nSPS) is 13.5. The van der Waals surface area contributed by atoms with E-state index < -0.39 is 14.3 Å². The molecule has 0 aliphatic heterocycles. The molecule has 0 aromatic carbocycles. The Balaban J connectivity index is 3.72. The van der Waals surface area contributed by atoms with Gasteiger partial charge in [-0.1, -0.05) is 124 Å². The van der Waals surface area contributed by atoms with Crippen LogP contribution in [0.15, 0.2) is 0 Å². The Bertz CT molecular complexity index is 415. The van der Waals surface area contributed by atoms with Crippen LogP contribution in [0.25, 0.3) is 0 Å². The van der Waals surface area contributed by atoms with Gasteiger partial charge in [-0.05, 0) is 24.6 Å². The molecule has 0 saturated heterocycles. The molecule has 0 aliphatic carbocycles. The largest absolute Gasteiger partial charge is 0.481 e. The van der Waals surface area contributed by atoms with Crippen molar-refractivity contribution in [2.75, 3.05) is 0 Å². The lowest BCUT2D eigenvalue weighted by molar-refractivity contribution is -0.139. The van der Waals surface area contributed by atoms with Crippen LogP contribution in [0.2, 0.25) is 18.1 Å². The van der Waals surface area contributed by atoms with Gasteiger partial charge in [0.05, 0.1) is 12.5 Å². The molecule has 0 heterocycles. The molecule has 1 N–H and O–H groups in total. The van der Waals surface area contributed by atoms with Crippen LogP contribution in [0.4, 0.5) is 0 Å². The SMILES string of the molecule is CCCCCCCCCCCCCCCCCC(CC(=O)O)O[Si](C)(C)C(C)(C)C. The summed E-state index contributed by atoms with van der Waals surface area (Å²) in [5.74, 6) is -0.736. The van der Waals surface area contributed by atoms with Crippen LogP contribution in [-0.2, 0) is 9.22 Å². The second kappa shape index (κ2) is 17.2. The first-order chi connectivity index (χ1) is 14.1. The van der Waals surface area contributed by atoms with Crippen LogP contribution in [0.1, 0.15) is 137 Å². The second-order valence-corrected chi connectivity index (χ2v) is 15.6. The average Bonchev–Trinajstić information content (AvgIpc) is 2.63. The van der Waals surface area contributed by atoms with Crippen LogP contribution in [-0.4, -0.2) is 25.5 Å². The third-order valence-corrected chi connectivity index (χ3v) is 11.3. The molecule has 0 spiro atoms. The Kier molecular flexibility index (Phi) is 17.0. The fourth-order valence-corrected chi connectivity index (χ4v) is 5.12. The summed E-state index contributed by atoms with van der Waals surface area (Å²) < 4.78 is 6.39. The summed E-state index contributed by atoms with van der Waals surface area (Å²) in [4.78, 5) is 11.2. The van der Waals surface area contributed by atoms with Crippen LogP contribution in [0.5, 0.6) is 0 Å². The zero-order chi connectivity index (χ0) is 22.9. The minimum atomic E-state index is -1.91. The first kappa shape index (κ1) is 29.6. The van der Waals surface area contributed by atoms with Crippen molar-refractivity contribution in [2.45, 2.75) is 161 Å². The molecule has 1 atom stereocenters. The number of unbranched alkanes of at least 4 members (excludes halogenated alkanes) is 14. The molecule has 0 radical (unpaired) electrons. The third kappa shape index (κ3) is 16.4. The van der Waals surface area contributed by atoms with Crippen molar-refractivity contribution in [2.24, 2.45) is 0 Å². The van der Waals surface area contributed by atoms with E-state index in [1.165, 1.54) is 89.9 Å². The predicted octanol–water partition coefficient (Wildman–Crippen LogP) is 9.11. The summed E-state index contributed by atoms with van der Waals surface area (Å²) in [5, 5.41) is 9.37. The number of carboxylic acid groups (broad SMARTS) is 1. The Morgan fingerprint density at radius 3 is 1.47 bits per heavy atom. The van der Waals surface area contributed by atoms with Gasteiger partial charge in [-0.2, -0.15) is 0 Å². The molecule has 0 bridgehead atoms. The highest BCUT2D eigenvalue weighted by molar-refractivity contribution is 6.74. The van der Waals surface area contributed by atoms with E-state index in [9.17, 15) is 9.90 Å².